The van der Waals surface area contributed by atoms with Crippen molar-refractivity contribution in [2.24, 2.45) is 5.73 Å². The van der Waals surface area contributed by atoms with Gasteiger partial charge in [-0.25, -0.2) is 4.98 Å². The van der Waals surface area contributed by atoms with Gasteiger partial charge in [0.05, 0.1) is 17.3 Å². The number of hydrogen-bond donors (Lipinski definition) is 1. The van der Waals surface area contributed by atoms with Crippen molar-refractivity contribution < 1.29 is 9.59 Å². The van der Waals surface area contributed by atoms with Crippen LogP contribution < -0.4 is 5.73 Å². The number of nitrogens with zero attached hydrogens (tertiary/aromatic N) is 3. The van der Waals surface area contributed by atoms with Crippen molar-refractivity contribution in [1.82, 2.24) is 14.5 Å². The van der Waals surface area contributed by atoms with Gasteiger partial charge in [0.15, 0.2) is 6.29 Å². The summed E-state index contributed by atoms with van der Waals surface area (Å²) in [5, 5.41) is 0.856. The van der Waals surface area contributed by atoms with E-state index in [0.29, 0.717) is 11.2 Å². The van der Waals surface area contributed by atoms with Crippen molar-refractivity contribution >= 4 is 23.2 Å². The third-order valence-corrected chi connectivity index (χ3v) is 4.02. The van der Waals surface area contributed by atoms with Crippen molar-refractivity contribution in [3.05, 3.63) is 54.1 Å². The van der Waals surface area contributed by atoms with Gasteiger partial charge in [-0.15, -0.1) is 0 Å². The number of nitrogens with two attached hydrogens (primary N) is 1. The van der Waals surface area contributed by atoms with Gasteiger partial charge >= 0.3 is 0 Å². The summed E-state index contributed by atoms with van der Waals surface area (Å²) in [6.45, 7) is 3.52. The topological polar surface area (TPSA) is 90.9 Å². The summed E-state index contributed by atoms with van der Waals surface area (Å²) in [4.78, 5) is 31.0. The molecule has 116 valence electrons. The number of pyridine rings is 2. The Balaban J connectivity index is 2.13. The number of aldehydes is 1. The average Bonchev–Trinajstić information content (AvgIpc) is 2.97. The Labute approximate surface area is 133 Å². The summed E-state index contributed by atoms with van der Waals surface area (Å²) in [7, 11) is 0. The van der Waals surface area contributed by atoms with E-state index in [1.165, 1.54) is 6.20 Å². The van der Waals surface area contributed by atoms with Crippen molar-refractivity contribution in [2.75, 3.05) is 0 Å². The van der Waals surface area contributed by atoms with Gasteiger partial charge < -0.3 is 5.73 Å². The molecule has 0 aliphatic rings. The third kappa shape index (κ3) is 2.48. The lowest BCUT2D eigenvalue weighted by Crippen LogP contribution is -2.35. The second-order valence-electron chi connectivity index (χ2n) is 5.91. The molecule has 3 heterocycles. The number of carbonyl (C=O) groups is 2. The zero-order chi connectivity index (χ0) is 16.6. The van der Waals surface area contributed by atoms with E-state index < -0.39 is 11.3 Å². The van der Waals surface area contributed by atoms with E-state index in [4.69, 9.17) is 5.73 Å². The Kier molecular flexibility index (Phi) is 3.44. The molecule has 3 rings (SSSR count). The van der Waals surface area contributed by atoms with Crippen LogP contribution in [0.1, 0.15) is 29.8 Å². The van der Waals surface area contributed by atoms with Crippen LogP contribution >= 0.6 is 0 Å². The minimum Gasteiger partial charge on any atom is -0.369 e. The van der Waals surface area contributed by atoms with E-state index in [0.717, 1.165) is 22.9 Å². The Morgan fingerprint density at radius 3 is 2.74 bits per heavy atom. The van der Waals surface area contributed by atoms with Crippen LogP contribution in [0.4, 0.5) is 0 Å². The second kappa shape index (κ2) is 5.31. The lowest BCUT2D eigenvalue weighted by molar-refractivity contribution is -0.122. The molecule has 3 aromatic rings. The SMILES string of the molecule is CC(C)(C(N)=O)c1cncc(-n2ccc3cc(C=O)cnc32)c1. The lowest BCUT2D eigenvalue weighted by Gasteiger charge is -2.21. The maximum absolute atomic E-state index is 11.6. The number of carbonyl (C=O) groups excluding carboxylic acids is 2. The van der Waals surface area contributed by atoms with Gasteiger partial charge in [0.1, 0.15) is 5.65 Å². The largest absolute Gasteiger partial charge is 0.369 e. The molecule has 0 aliphatic heterocycles. The molecule has 0 aliphatic carbocycles. The molecular formula is C17H16N4O2. The first-order valence-electron chi connectivity index (χ1n) is 7.11. The van der Waals surface area contributed by atoms with Crippen molar-refractivity contribution in [3.8, 4) is 5.69 Å². The van der Waals surface area contributed by atoms with Crippen molar-refractivity contribution in [3.63, 3.8) is 0 Å². The van der Waals surface area contributed by atoms with Gasteiger partial charge in [0, 0.05) is 29.5 Å². The molecule has 0 saturated carbocycles. The Morgan fingerprint density at radius 2 is 2.04 bits per heavy atom. The van der Waals surface area contributed by atoms with Gasteiger partial charge in [-0.3, -0.25) is 19.1 Å². The number of amides is 1. The molecule has 0 atom stereocenters. The first kappa shape index (κ1) is 14.9. The van der Waals surface area contributed by atoms with Crippen LogP contribution in [0.2, 0.25) is 0 Å². The molecule has 0 spiro atoms. The smallest absolute Gasteiger partial charge is 0.227 e. The molecule has 1 amide bonds. The molecule has 0 fully saturated rings. The van der Waals surface area contributed by atoms with Gasteiger partial charge in [0.2, 0.25) is 5.91 Å². The highest BCUT2D eigenvalue weighted by Gasteiger charge is 2.28. The highest BCUT2D eigenvalue weighted by Crippen LogP contribution is 2.25. The zero-order valence-electron chi connectivity index (χ0n) is 12.9. The molecule has 0 saturated heterocycles. The molecule has 6 heteroatoms. The van der Waals surface area contributed by atoms with E-state index in [-0.39, 0.29) is 0 Å². The normalized spacial score (nSPS) is 11.6. The summed E-state index contributed by atoms with van der Waals surface area (Å²) in [5.74, 6) is -0.414. The zero-order valence-corrected chi connectivity index (χ0v) is 12.9. The molecule has 3 aromatic heterocycles. The van der Waals surface area contributed by atoms with E-state index in [1.54, 1.807) is 32.3 Å². The fourth-order valence-corrected chi connectivity index (χ4v) is 2.36. The van der Waals surface area contributed by atoms with Gasteiger partial charge in [-0.1, -0.05) is 0 Å². The molecular weight excluding hydrogens is 292 g/mol. The molecule has 23 heavy (non-hydrogen) atoms. The number of hydrogen-bond acceptors (Lipinski definition) is 4. The summed E-state index contributed by atoms with van der Waals surface area (Å²) >= 11 is 0. The fourth-order valence-electron chi connectivity index (χ4n) is 2.36. The summed E-state index contributed by atoms with van der Waals surface area (Å²) in [6.07, 6.45) is 7.47. The van der Waals surface area contributed by atoms with Crippen LogP contribution in [0.3, 0.4) is 0 Å². The molecule has 0 aromatic carbocycles. The maximum Gasteiger partial charge on any atom is 0.227 e. The third-order valence-electron chi connectivity index (χ3n) is 4.02. The standard InChI is InChI=1S/C17H16N4O2/c1-17(2,16(18)23)13-6-14(9-19-8-13)21-4-3-12-5-11(10-22)7-20-15(12)21/h3-10H,1-2H3,(H2,18,23). The van der Waals surface area contributed by atoms with Crippen LogP contribution in [-0.4, -0.2) is 26.7 Å². The van der Waals surface area contributed by atoms with Crippen LogP contribution in [0.25, 0.3) is 16.7 Å². The number of rotatable bonds is 4. The molecule has 0 unspecified atom stereocenters. The number of primary amides is 1. The van der Waals surface area contributed by atoms with Gasteiger partial charge in [-0.2, -0.15) is 0 Å². The first-order chi connectivity index (χ1) is 10.9. The predicted molar refractivity (Wildman–Crippen MR) is 86.5 cm³/mol. The van der Waals surface area contributed by atoms with Crippen LogP contribution in [-0.2, 0) is 10.2 Å². The minimum atomic E-state index is -0.815. The van der Waals surface area contributed by atoms with Crippen molar-refractivity contribution in [1.29, 1.82) is 0 Å². The molecule has 6 nitrogen and oxygen atoms in total. The quantitative estimate of drug-likeness (QED) is 0.746. The Hall–Kier alpha value is -3.02. The predicted octanol–water partition coefficient (Wildman–Crippen LogP) is 2.00. The Morgan fingerprint density at radius 1 is 1.26 bits per heavy atom. The highest BCUT2D eigenvalue weighted by atomic mass is 16.1. The van der Waals surface area contributed by atoms with Crippen molar-refractivity contribution in [2.45, 2.75) is 19.3 Å². The maximum atomic E-state index is 11.6. The minimum absolute atomic E-state index is 0.414. The summed E-state index contributed by atoms with van der Waals surface area (Å²) in [6, 6.07) is 5.52. The fraction of sp³-hybridized carbons (Fsp3) is 0.176. The lowest BCUT2D eigenvalue weighted by atomic mass is 9.85. The van der Waals surface area contributed by atoms with E-state index in [9.17, 15) is 9.59 Å². The van der Waals surface area contributed by atoms with Crippen LogP contribution in [0.5, 0.6) is 0 Å². The van der Waals surface area contributed by atoms with Gasteiger partial charge in [-0.05, 0) is 37.6 Å². The Bertz CT molecular complexity index is 912. The number of fused-ring (bicyclic) bond motifs is 1. The highest BCUT2D eigenvalue weighted by molar-refractivity contribution is 5.87. The average molecular weight is 308 g/mol. The van der Waals surface area contributed by atoms with E-state index >= 15 is 0 Å². The molecule has 0 bridgehead atoms. The molecule has 2 N–H and O–H groups in total. The van der Waals surface area contributed by atoms with Gasteiger partial charge in [0.25, 0.3) is 0 Å². The van der Waals surface area contributed by atoms with Crippen LogP contribution in [0.15, 0.2) is 43.0 Å². The van der Waals surface area contributed by atoms with E-state index in [2.05, 4.69) is 9.97 Å². The van der Waals surface area contributed by atoms with E-state index in [1.807, 2.05) is 22.9 Å². The summed E-state index contributed by atoms with van der Waals surface area (Å²) in [5.41, 5.74) is 7.40. The first-order valence-corrected chi connectivity index (χ1v) is 7.11. The van der Waals surface area contributed by atoms with Crippen LogP contribution in [0, 0.1) is 0 Å². The monoisotopic (exact) mass is 308 g/mol. The number of aromatic nitrogens is 3. The second-order valence-corrected chi connectivity index (χ2v) is 5.91. The molecule has 0 radical (unpaired) electrons. The summed E-state index contributed by atoms with van der Waals surface area (Å²) < 4.78 is 1.86.